The van der Waals surface area contributed by atoms with E-state index >= 15 is 0 Å². The number of aromatic nitrogens is 1. The predicted octanol–water partition coefficient (Wildman–Crippen LogP) is 3.36. The molecule has 0 atom stereocenters. The fourth-order valence-electron chi connectivity index (χ4n) is 2.94. The van der Waals surface area contributed by atoms with Crippen molar-refractivity contribution in [2.45, 2.75) is 27.3 Å². The number of fused-ring (bicyclic) bond motifs is 1. The SMILES string of the molecule is CCOC(=O)Cn1c(=NC(=O)c2ccc(OCC)cc2)sc2cc(NC(C)=O)ccc21. The van der Waals surface area contributed by atoms with Crippen LogP contribution in [0.25, 0.3) is 10.2 Å². The lowest BCUT2D eigenvalue weighted by atomic mass is 10.2. The molecule has 0 fully saturated rings. The van der Waals surface area contributed by atoms with Gasteiger partial charge in [0.25, 0.3) is 5.91 Å². The molecule has 2 aromatic carbocycles. The molecule has 0 saturated heterocycles. The number of esters is 1. The van der Waals surface area contributed by atoms with E-state index < -0.39 is 11.9 Å². The standard InChI is InChI=1S/C22H23N3O5S/c1-4-29-17-9-6-15(7-10-17)21(28)24-22-25(13-20(27)30-5-2)18-11-8-16(23-14(3)26)12-19(18)31-22/h6-12H,4-5,13H2,1-3H3,(H,23,26). The number of amides is 2. The number of thiazole rings is 1. The Morgan fingerprint density at radius 1 is 1.06 bits per heavy atom. The maximum atomic E-state index is 12.7. The number of benzene rings is 2. The summed E-state index contributed by atoms with van der Waals surface area (Å²) in [6.45, 7) is 5.75. The molecule has 162 valence electrons. The zero-order chi connectivity index (χ0) is 22.4. The first kappa shape index (κ1) is 22.2. The minimum absolute atomic E-state index is 0.0806. The minimum atomic E-state index is -0.436. The molecule has 0 unspecified atom stereocenters. The number of anilines is 1. The van der Waals surface area contributed by atoms with Crippen LogP contribution in [0.15, 0.2) is 47.5 Å². The average molecular weight is 442 g/mol. The molecule has 1 aromatic heterocycles. The van der Waals surface area contributed by atoms with Crippen molar-refractivity contribution >= 4 is 45.0 Å². The molecule has 3 aromatic rings. The van der Waals surface area contributed by atoms with Gasteiger partial charge >= 0.3 is 5.97 Å². The van der Waals surface area contributed by atoms with Gasteiger partial charge in [-0.15, -0.1) is 0 Å². The molecule has 9 heteroatoms. The lowest BCUT2D eigenvalue weighted by Crippen LogP contribution is -2.23. The molecule has 1 heterocycles. The molecule has 0 saturated carbocycles. The third-order valence-electron chi connectivity index (χ3n) is 4.21. The highest BCUT2D eigenvalue weighted by atomic mass is 32.1. The van der Waals surface area contributed by atoms with E-state index in [0.717, 1.165) is 4.70 Å². The first-order valence-electron chi connectivity index (χ1n) is 9.79. The van der Waals surface area contributed by atoms with E-state index in [0.29, 0.717) is 33.9 Å². The van der Waals surface area contributed by atoms with E-state index in [1.54, 1.807) is 54.0 Å². The van der Waals surface area contributed by atoms with Gasteiger partial charge in [0.2, 0.25) is 5.91 Å². The molecule has 0 spiro atoms. The fourth-order valence-corrected chi connectivity index (χ4v) is 4.01. The van der Waals surface area contributed by atoms with Crippen molar-refractivity contribution in [1.82, 2.24) is 4.57 Å². The minimum Gasteiger partial charge on any atom is -0.494 e. The van der Waals surface area contributed by atoms with E-state index in [4.69, 9.17) is 9.47 Å². The molecule has 31 heavy (non-hydrogen) atoms. The van der Waals surface area contributed by atoms with E-state index in [1.807, 2.05) is 6.92 Å². The average Bonchev–Trinajstić information content (AvgIpc) is 3.04. The summed E-state index contributed by atoms with van der Waals surface area (Å²) in [5.41, 5.74) is 1.74. The molecule has 8 nitrogen and oxygen atoms in total. The molecule has 0 bridgehead atoms. The van der Waals surface area contributed by atoms with Gasteiger partial charge < -0.3 is 19.4 Å². The molecule has 1 N–H and O–H groups in total. The van der Waals surface area contributed by atoms with Crippen LogP contribution in [0.5, 0.6) is 5.75 Å². The summed E-state index contributed by atoms with van der Waals surface area (Å²) < 4.78 is 12.9. The maximum Gasteiger partial charge on any atom is 0.326 e. The molecule has 2 amide bonds. The summed E-state index contributed by atoms with van der Waals surface area (Å²) in [6, 6.07) is 12.0. The number of carbonyl (C=O) groups excluding carboxylic acids is 3. The van der Waals surface area contributed by atoms with Crippen molar-refractivity contribution < 1.29 is 23.9 Å². The molecular weight excluding hydrogens is 418 g/mol. The van der Waals surface area contributed by atoms with Crippen molar-refractivity contribution in [2.75, 3.05) is 18.5 Å². The highest BCUT2D eigenvalue weighted by Gasteiger charge is 2.14. The Balaban J connectivity index is 2.03. The first-order chi connectivity index (χ1) is 14.9. The number of ether oxygens (including phenoxy) is 2. The third kappa shape index (κ3) is 5.58. The number of carbonyl (C=O) groups is 3. The van der Waals surface area contributed by atoms with Crippen molar-refractivity contribution in [1.29, 1.82) is 0 Å². The lowest BCUT2D eigenvalue weighted by Gasteiger charge is -2.06. The van der Waals surface area contributed by atoms with E-state index in [9.17, 15) is 14.4 Å². The molecular formula is C22H23N3O5S. The van der Waals surface area contributed by atoms with Crippen molar-refractivity contribution in [3.05, 3.63) is 52.8 Å². The Hall–Kier alpha value is -3.46. The molecule has 0 radical (unpaired) electrons. The quantitative estimate of drug-likeness (QED) is 0.567. The van der Waals surface area contributed by atoms with Gasteiger partial charge in [0.1, 0.15) is 12.3 Å². The highest BCUT2D eigenvalue weighted by Crippen LogP contribution is 2.22. The summed E-state index contributed by atoms with van der Waals surface area (Å²) in [4.78, 5) is 40.9. The predicted molar refractivity (Wildman–Crippen MR) is 118 cm³/mol. The molecule has 0 aliphatic carbocycles. The van der Waals surface area contributed by atoms with Gasteiger partial charge in [0, 0.05) is 18.2 Å². The number of rotatable bonds is 7. The number of hydrogen-bond acceptors (Lipinski definition) is 6. The number of nitrogens with zero attached hydrogens (tertiary/aromatic N) is 2. The molecule has 0 aliphatic rings. The van der Waals surface area contributed by atoms with Crippen LogP contribution in [0.1, 0.15) is 31.1 Å². The van der Waals surface area contributed by atoms with Crippen LogP contribution in [-0.4, -0.2) is 35.6 Å². The van der Waals surface area contributed by atoms with Gasteiger partial charge in [0.15, 0.2) is 4.80 Å². The Kier molecular flexibility index (Phi) is 7.19. The second-order valence-electron chi connectivity index (χ2n) is 6.51. The molecule has 0 aliphatic heterocycles. The van der Waals surface area contributed by atoms with Crippen LogP contribution >= 0.6 is 11.3 Å². The summed E-state index contributed by atoms with van der Waals surface area (Å²) >= 11 is 1.25. The number of nitrogens with one attached hydrogen (secondary N) is 1. The third-order valence-corrected chi connectivity index (χ3v) is 5.25. The van der Waals surface area contributed by atoms with Gasteiger partial charge in [-0.2, -0.15) is 4.99 Å². The van der Waals surface area contributed by atoms with Crippen LogP contribution < -0.4 is 14.9 Å². The second kappa shape index (κ2) is 10.0. The van der Waals surface area contributed by atoms with Gasteiger partial charge in [-0.1, -0.05) is 11.3 Å². The van der Waals surface area contributed by atoms with Gasteiger partial charge in [-0.05, 0) is 56.3 Å². The summed E-state index contributed by atoms with van der Waals surface area (Å²) in [6.07, 6.45) is 0. The summed E-state index contributed by atoms with van der Waals surface area (Å²) in [7, 11) is 0. The summed E-state index contributed by atoms with van der Waals surface area (Å²) in [5.74, 6) is -0.382. The smallest absolute Gasteiger partial charge is 0.326 e. The van der Waals surface area contributed by atoms with Crippen molar-refractivity contribution in [2.24, 2.45) is 4.99 Å². The van der Waals surface area contributed by atoms with E-state index in [2.05, 4.69) is 10.3 Å². The molecule has 3 rings (SSSR count). The monoisotopic (exact) mass is 441 g/mol. The van der Waals surface area contributed by atoms with Crippen molar-refractivity contribution in [3.8, 4) is 5.75 Å². The van der Waals surface area contributed by atoms with Crippen LogP contribution in [0.3, 0.4) is 0 Å². The van der Waals surface area contributed by atoms with Gasteiger partial charge in [-0.3, -0.25) is 14.4 Å². The Bertz CT molecular complexity index is 1180. The Labute approximate surface area is 183 Å². The largest absolute Gasteiger partial charge is 0.494 e. The van der Waals surface area contributed by atoms with E-state index in [1.165, 1.54) is 18.3 Å². The van der Waals surface area contributed by atoms with Crippen LogP contribution in [0.2, 0.25) is 0 Å². The van der Waals surface area contributed by atoms with Gasteiger partial charge in [-0.25, -0.2) is 0 Å². The maximum absolute atomic E-state index is 12.7. The number of hydrogen-bond donors (Lipinski definition) is 1. The Morgan fingerprint density at radius 2 is 1.81 bits per heavy atom. The van der Waals surface area contributed by atoms with E-state index in [-0.39, 0.29) is 19.1 Å². The fraction of sp³-hybridized carbons (Fsp3) is 0.273. The second-order valence-corrected chi connectivity index (χ2v) is 7.52. The summed E-state index contributed by atoms with van der Waals surface area (Å²) in [5, 5.41) is 2.73. The topological polar surface area (TPSA) is 99.0 Å². The highest BCUT2D eigenvalue weighted by molar-refractivity contribution is 7.16. The zero-order valence-corrected chi connectivity index (χ0v) is 18.3. The van der Waals surface area contributed by atoms with Crippen LogP contribution in [0.4, 0.5) is 5.69 Å². The normalized spacial score (nSPS) is 11.4. The zero-order valence-electron chi connectivity index (χ0n) is 17.5. The van der Waals surface area contributed by atoms with Crippen LogP contribution in [-0.2, 0) is 20.9 Å². The Morgan fingerprint density at radius 3 is 2.45 bits per heavy atom. The van der Waals surface area contributed by atoms with Crippen molar-refractivity contribution in [3.63, 3.8) is 0 Å². The van der Waals surface area contributed by atoms with Crippen LogP contribution in [0, 0.1) is 0 Å². The first-order valence-corrected chi connectivity index (χ1v) is 10.6. The lowest BCUT2D eigenvalue weighted by molar-refractivity contribution is -0.143. The van der Waals surface area contributed by atoms with Gasteiger partial charge in [0.05, 0.1) is 23.4 Å².